The van der Waals surface area contributed by atoms with Crippen molar-refractivity contribution in [3.8, 4) is 11.5 Å². The van der Waals surface area contributed by atoms with Crippen LogP contribution < -0.4 is 10.1 Å². The highest BCUT2D eigenvalue weighted by Crippen LogP contribution is 2.26. The number of phenols is 1. The zero-order chi connectivity index (χ0) is 23.1. The normalized spacial score (nSPS) is 12.2. The Morgan fingerprint density at radius 3 is 1.97 bits per heavy atom. The van der Waals surface area contributed by atoms with Gasteiger partial charge in [-0.1, -0.05) is 74.4 Å². The van der Waals surface area contributed by atoms with Crippen LogP contribution in [0, 0.1) is 0 Å². The molecule has 0 atom stereocenters. The predicted octanol–water partition coefficient (Wildman–Crippen LogP) is 7.68. The lowest BCUT2D eigenvalue weighted by Gasteiger charge is -2.07. The van der Waals surface area contributed by atoms with Gasteiger partial charge in [0.15, 0.2) is 11.5 Å². The number of benzene rings is 1. The van der Waals surface area contributed by atoms with Crippen molar-refractivity contribution < 1.29 is 9.84 Å². The number of hydrogen-bond donors (Lipinski definition) is 2. The average molecular weight is 440 g/mol. The van der Waals surface area contributed by atoms with Crippen molar-refractivity contribution in [3.63, 3.8) is 0 Å². The minimum absolute atomic E-state index is 0.195. The van der Waals surface area contributed by atoms with E-state index in [0.29, 0.717) is 5.75 Å². The number of ether oxygens (including phenoxy) is 1. The molecule has 1 rings (SSSR count). The van der Waals surface area contributed by atoms with E-state index in [1.54, 1.807) is 13.2 Å². The molecule has 0 fully saturated rings. The lowest BCUT2D eigenvalue weighted by Crippen LogP contribution is -2.18. The molecule has 2 N–H and O–H groups in total. The van der Waals surface area contributed by atoms with Crippen LogP contribution in [-0.4, -0.2) is 25.3 Å². The molecule has 0 spiro atoms. The van der Waals surface area contributed by atoms with Gasteiger partial charge in [0.2, 0.25) is 0 Å². The van der Waals surface area contributed by atoms with Crippen molar-refractivity contribution in [2.45, 2.75) is 77.6 Å². The standard InChI is InChI=1S/C29H45NO2/c1-3-4-5-6-7-8-9-10-11-12-13-14-15-16-17-18-19-20-24-30-25-23-27-21-22-28(31)29(26-27)32-2/h7-8,10-11,13-14,16-17,21-22,26,30-31H,3-6,9,12,15,18-20,23-25H2,1-2H3. The molecule has 0 saturated carbocycles. The minimum atomic E-state index is 0.195. The fraction of sp³-hybridized carbons (Fsp3) is 0.517. The molecule has 0 aliphatic carbocycles. The first-order chi connectivity index (χ1) is 15.8. The van der Waals surface area contributed by atoms with Gasteiger partial charge in [0, 0.05) is 0 Å². The molecule has 0 aliphatic heterocycles. The van der Waals surface area contributed by atoms with E-state index in [0.717, 1.165) is 45.2 Å². The fourth-order valence-electron chi connectivity index (χ4n) is 3.31. The van der Waals surface area contributed by atoms with Gasteiger partial charge in [-0.3, -0.25) is 0 Å². The van der Waals surface area contributed by atoms with E-state index in [4.69, 9.17) is 4.74 Å². The molecular weight excluding hydrogens is 394 g/mol. The maximum Gasteiger partial charge on any atom is 0.160 e. The Kier molecular flexibility index (Phi) is 17.9. The lowest BCUT2D eigenvalue weighted by atomic mass is 10.1. The van der Waals surface area contributed by atoms with Crippen LogP contribution in [0.25, 0.3) is 0 Å². The molecule has 0 amide bonds. The van der Waals surface area contributed by atoms with E-state index in [1.165, 1.54) is 44.1 Å². The van der Waals surface area contributed by atoms with Crippen molar-refractivity contribution in [1.82, 2.24) is 5.32 Å². The van der Waals surface area contributed by atoms with E-state index in [2.05, 4.69) is 60.8 Å². The Balaban J connectivity index is 1.92. The summed E-state index contributed by atoms with van der Waals surface area (Å²) in [5, 5.41) is 13.1. The zero-order valence-electron chi connectivity index (χ0n) is 20.4. The molecule has 3 nitrogen and oxygen atoms in total. The average Bonchev–Trinajstić information content (AvgIpc) is 2.81. The summed E-state index contributed by atoms with van der Waals surface area (Å²) in [7, 11) is 1.58. The Morgan fingerprint density at radius 2 is 1.38 bits per heavy atom. The second-order valence-electron chi connectivity index (χ2n) is 8.09. The van der Waals surface area contributed by atoms with E-state index in [-0.39, 0.29) is 5.75 Å². The largest absolute Gasteiger partial charge is 0.504 e. The summed E-state index contributed by atoms with van der Waals surface area (Å²) in [4.78, 5) is 0. The quantitative estimate of drug-likeness (QED) is 0.171. The molecule has 0 aliphatic rings. The van der Waals surface area contributed by atoms with Crippen molar-refractivity contribution in [2.24, 2.45) is 0 Å². The van der Waals surface area contributed by atoms with E-state index in [1.807, 2.05) is 12.1 Å². The molecule has 0 radical (unpaired) electrons. The second-order valence-corrected chi connectivity index (χ2v) is 8.09. The fourth-order valence-corrected chi connectivity index (χ4v) is 3.31. The molecule has 32 heavy (non-hydrogen) atoms. The van der Waals surface area contributed by atoms with Crippen LogP contribution in [0.4, 0.5) is 0 Å². The molecule has 178 valence electrons. The third-order valence-electron chi connectivity index (χ3n) is 5.27. The van der Waals surface area contributed by atoms with Crippen molar-refractivity contribution in [2.75, 3.05) is 20.2 Å². The molecule has 0 aromatic heterocycles. The summed E-state index contributed by atoms with van der Waals surface area (Å²) in [5.41, 5.74) is 1.17. The Hall–Kier alpha value is -2.26. The first kappa shape index (κ1) is 27.8. The Morgan fingerprint density at radius 1 is 0.781 bits per heavy atom. The summed E-state index contributed by atoms with van der Waals surface area (Å²) in [5.74, 6) is 0.738. The van der Waals surface area contributed by atoms with Gasteiger partial charge in [0.05, 0.1) is 7.11 Å². The van der Waals surface area contributed by atoms with Crippen molar-refractivity contribution >= 4 is 0 Å². The third-order valence-corrected chi connectivity index (χ3v) is 5.27. The number of methoxy groups -OCH3 is 1. The number of allylic oxidation sites excluding steroid dienone is 8. The summed E-state index contributed by atoms with van der Waals surface area (Å²) < 4.78 is 5.15. The zero-order valence-corrected chi connectivity index (χ0v) is 20.4. The smallest absolute Gasteiger partial charge is 0.160 e. The van der Waals surface area contributed by atoms with Crippen molar-refractivity contribution in [3.05, 3.63) is 72.4 Å². The molecule has 1 aromatic rings. The van der Waals surface area contributed by atoms with Gasteiger partial charge in [-0.15, -0.1) is 0 Å². The minimum Gasteiger partial charge on any atom is -0.504 e. The van der Waals surface area contributed by atoms with Crippen molar-refractivity contribution in [1.29, 1.82) is 0 Å². The van der Waals surface area contributed by atoms with Gasteiger partial charge < -0.3 is 15.2 Å². The van der Waals surface area contributed by atoms with Gasteiger partial charge in [-0.2, -0.15) is 0 Å². The number of unbranched alkanes of at least 4 members (excludes halogenated alkanes) is 5. The molecule has 0 saturated heterocycles. The van der Waals surface area contributed by atoms with E-state index < -0.39 is 0 Å². The highest BCUT2D eigenvalue weighted by molar-refractivity contribution is 5.41. The van der Waals surface area contributed by atoms with Crippen LogP contribution in [0.2, 0.25) is 0 Å². The maximum atomic E-state index is 9.63. The molecule has 0 heterocycles. The van der Waals surface area contributed by atoms with Gasteiger partial charge in [-0.25, -0.2) is 0 Å². The van der Waals surface area contributed by atoms with Gasteiger partial charge in [0.25, 0.3) is 0 Å². The van der Waals surface area contributed by atoms with Gasteiger partial charge in [0.1, 0.15) is 0 Å². The second kappa shape index (κ2) is 20.6. The predicted molar refractivity (Wildman–Crippen MR) is 140 cm³/mol. The highest BCUT2D eigenvalue weighted by Gasteiger charge is 2.02. The van der Waals surface area contributed by atoms with Crippen LogP contribution in [0.3, 0.4) is 0 Å². The van der Waals surface area contributed by atoms with E-state index >= 15 is 0 Å². The van der Waals surface area contributed by atoms with Crippen LogP contribution in [0.1, 0.15) is 76.7 Å². The lowest BCUT2D eigenvalue weighted by molar-refractivity contribution is 0.373. The molecule has 3 heteroatoms. The SMILES string of the molecule is CCCCCC=CCC=CCC=CCC=CCCCCNCCc1ccc(O)c(OC)c1. The first-order valence-electron chi connectivity index (χ1n) is 12.4. The molecule has 0 unspecified atom stereocenters. The summed E-state index contributed by atoms with van der Waals surface area (Å²) >= 11 is 0. The van der Waals surface area contributed by atoms with Crippen LogP contribution in [0.15, 0.2) is 66.8 Å². The van der Waals surface area contributed by atoms with E-state index in [9.17, 15) is 5.11 Å². The summed E-state index contributed by atoms with van der Waals surface area (Å²) in [6.45, 7) is 4.24. The maximum absolute atomic E-state index is 9.63. The highest BCUT2D eigenvalue weighted by atomic mass is 16.5. The number of nitrogens with one attached hydrogen (secondary N) is 1. The number of aromatic hydroxyl groups is 1. The number of hydrogen-bond acceptors (Lipinski definition) is 3. The third kappa shape index (κ3) is 15.5. The first-order valence-corrected chi connectivity index (χ1v) is 12.4. The molecule has 0 bridgehead atoms. The molecular formula is C29H45NO2. The van der Waals surface area contributed by atoms with Gasteiger partial charge >= 0.3 is 0 Å². The molecule has 1 aromatic carbocycles. The Bertz CT molecular complexity index is 688. The van der Waals surface area contributed by atoms with Crippen LogP contribution in [-0.2, 0) is 6.42 Å². The monoisotopic (exact) mass is 439 g/mol. The summed E-state index contributed by atoms with van der Waals surface area (Å²) in [6, 6.07) is 5.55. The topological polar surface area (TPSA) is 41.5 Å². The Labute approximate surface area is 197 Å². The van der Waals surface area contributed by atoms with Crippen LogP contribution >= 0.6 is 0 Å². The van der Waals surface area contributed by atoms with Crippen LogP contribution in [0.5, 0.6) is 11.5 Å². The summed E-state index contributed by atoms with van der Waals surface area (Å²) in [6.07, 6.45) is 31.0. The van der Waals surface area contributed by atoms with Gasteiger partial charge in [-0.05, 0) is 88.6 Å². The number of phenolic OH excluding ortho intramolecular Hbond substituents is 1. The number of rotatable bonds is 19.